The number of hydrogen-bond donors (Lipinski definition) is 3. The van der Waals surface area contributed by atoms with E-state index in [0.29, 0.717) is 11.6 Å². The van der Waals surface area contributed by atoms with Crippen LogP contribution in [0.15, 0.2) is 42.5 Å². The Morgan fingerprint density at radius 3 is 2.20 bits per heavy atom. The van der Waals surface area contributed by atoms with Crippen molar-refractivity contribution in [3.63, 3.8) is 0 Å². The van der Waals surface area contributed by atoms with Crippen molar-refractivity contribution < 1.29 is 10.2 Å². The smallest absolute Gasteiger partial charge is 0.138 e. The van der Waals surface area contributed by atoms with Crippen molar-refractivity contribution in [3.05, 3.63) is 53.6 Å². The summed E-state index contributed by atoms with van der Waals surface area (Å²) in [5.74, 6) is 0.709. The molecule has 0 aromatic heterocycles. The fraction of sp³-hybridized carbons (Fsp3) is 0.250. The highest BCUT2D eigenvalue weighted by Crippen LogP contribution is 2.42. The van der Waals surface area contributed by atoms with Crippen LogP contribution in [-0.4, -0.2) is 10.2 Å². The number of aromatic hydroxyl groups is 2. The first-order valence-electron chi connectivity index (χ1n) is 6.54. The Labute approximate surface area is 132 Å². The molecule has 2 aromatic carbocycles. The summed E-state index contributed by atoms with van der Waals surface area (Å²) in [5, 5.41) is 18.9. The Kier molecular flexibility index (Phi) is 4.75. The molecule has 2 atom stereocenters. The van der Waals surface area contributed by atoms with Crippen LogP contribution in [0.2, 0.25) is 0 Å². The number of benzene rings is 2. The van der Waals surface area contributed by atoms with E-state index in [4.69, 9.17) is 5.73 Å². The molecule has 0 aliphatic heterocycles. The van der Waals surface area contributed by atoms with E-state index in [1.165, 1.54) is 5.56 Å². The third-order valence-electron chi connectivity index (χ3n) is 3.48. The van der Waals surface area contributed by atoms with Crippen LogP contribution in [0, 0.1) is 0 Å². The lowest BCUT2D eigenvalue weighted by Gasteiger charge is -2.23. The van der Waals surface area contributed by atoms with Crippen molar-refractivity contribution in [3.8, 4) is 11.5 Å². The maximum atomic E-state index is 9.53. The van der Waals surface area contributed by atoms with Gasteiger partial charge in [-0.15, -0.1) is 0 Å². The molecule has 0 heterocycles. The zero-order valence-corrected chi connectivity index (χ0v) is 13.4. The Morgan fingerprint density at radius 1 is 1.05 bits per heavy atom. The predicted octanol–water partition coefficient (Wildman–Crippen LogP) is 4.35. The number of halogens is 1. The number of phenolic OH excluding ortho intramolecular Hbond substituents is 2. The number of anilines is 1. The molecule has 0 bridgehead atoms. The highest BCUT2D eigenvalue weighted by atomic mass is 127. The van der Waals surface area contributed by atoms with Gasteiger partial charge in [-0.05, 0) is 47.7 Å². The molecule has 2 aromatic rings. The molecule has 0 amide bonds. The van der Waals surface area contributed by atoms with E-state index < -0.39 is 0 Å². The van der Waals surface area contributed by atoms with Gasteiger partial charge in [0.2, 0.25) is 0 Å². The van der Waals surface area contributed by atoms with E-state index >= 15 is 0 Å². The van der Waals surface area contributed by atoms with Crippen molar-refractivity contribution in [2.24, 2.45) is 0 Å². The van der Waals surface area contributed by atoms with Gasteiger partial charge in [0, 0.05) is 3.92 Å². The molecular weight excluding hydrogens is 365 g/mol. The molecule has 0 saturated heterocycles. The molecule has 0 fully saturated rings. The first-order chi connectivity index (χ1) is 9.52. The molecule has 106 valence electrons. The summed E-state index contributed by atoms with van der Waals surface area (Å²) in [6, 6.07) is 12.7. The molecule has 0 radical (unpaired) electrons. The minimum Gasteiger partial charge on any atom is -0.508 e. The van der Waals surface area contributed by atoms with E-state index in [0.717, 1.165) is 12.0 Å². The summed E-state index contributed by atoms with van der Waals surface area (Å²) < 4.78 is 0.280. The number of phenols is 2. The quantitative estimate of drug-likeness (QED) is 0.318. The summed E-state index contributed by atoms with van der Waals surface area (Å²) in [7, 11) is 0. The van der Waals surface area contributed by atoms with Crippen LogP contribution < -0.4 is 5.73 Å². The van der Waals surface area contributed by atoms with Gasteiger partial charge in [-0.25, -0.2) is 0 Å². The maximum absolute atomic E-state index is 9.53. The van der Waals surface area contributed by atoms with Crippen LogP contribution in [0.4, 0.5) is 5.69 Å². The first kappa shape index (κ1) is 15.0. The molecule has 0 saturated carbocycles. The topological polar surface area (TPSA) is 66.5 Å². The van der Waals surface area contributed by atoms with Crippen LogP contribution in [0.1, 0.15) is 34.3 Å². The minimum atomic E-state index is 0.123. The standard InChI is InChI=1S/C16H18INO2/c1-2-13(11-5-8-15(20)14(18)9-11)16(17)10-3-6-12(19)7-4-10/h3-9,13,16,19-20H,2,18H2,1H3/t13-,16?/m0/s1. The molecule has 3 nitrogen and oxygen atoms in total. The maximum Gasteiger partial charge on any atom is 0.138 e. The van der Waals surface area contributed by atoms with E-state index in [2.05, 4.69) is 29.5 Å². The molecule has 20 heavy (non-hydrogen) atoms. The third kappa shape index (κ3) is 3.17. The molecule has 0 aliphatic carbocycles. The highest BCUT2D eigenvalue weighted by Gasteiger charge is 2.21. The van der Waals surface area contributed by atoms with Gasteiger partial charge in [-0.2, -0.15) is 0 Å². The van der Waals surface area contributed by atoms with Gasteiger partial charge in [0.05, 0.1) is 5.69 Å². The van der Waals surface area contributed by atoms with Gasteiger partial charge in [-0.3, -0.25) is 0 Å². The summed E-state index contributed by atoms with van der Waals surface area (Å²) in [6.45, 7) is 2.14. The average molecular weight is 383 g/mol. The van der Waals surface area contributed by atoms with E-state index in [9.17, 15) is 10.2 Å². The highest BCUT2D eigenvalue weighted by molar-refractivity contribution is 14.1. The van der Waals surface area contributed by atoms with Gasteiger partial charge in [0.1, 0.15) is 11.5 Å². The molecule has 0 aliphatic rings. The van der Waals surface area contributed by atoms with E-state index in [1.807, 2.05) is 24.3 Å². The van der Waals surface area contributed by atoms with Gasteiger partial charge < -0.3 is 15.9 Å². The van der Waals surface area contributed by atoms with Crippen molar-refractivity contribution >= 4 is 28.3 Å². The second-order valence-corrected chi connectivity index (χ2v) is 6.17. The van der Waals surface area contributed by atoms with Crippen molar-refractivity contribution in [1.29, 1.82) is 0 Å². The average Bonchev–Trinajstić information content (AvgIpc) is 2.44. The molecule has 1 unspecified atom stereocenters. The van der Waals surface area contributed by atoms with Crippen molar-refractivity contribution in [2.45, 2.75) is 23.2 Å². The fourth-order valence-electron chi connectivity index (χ4n) is 2.31. The van der Waals surface area contributed by atoms with E-state index in [-0.39, 0.29) is 15.4 Å². The lowest BCUT2D eigenvalue weighted by Crippen LogP contribution is -2.05. The van der Waals surface area contributed by atoms with Crippen molar-refractivity contribution in [2.75, 3.05) is 5.73 Å². The molecule has 4 N–H and O–H groups in total. The Bertz CT molecular complexity index is 584. The summed E-state index contributed by atoms with van der Waals surface area (Å²) in [6.07, 6.45) is 0.971. The number of nitrogen functional groups attached to an aromatic ring is 1. The normalized spacial score (nSPS) is 13.9. The number of hydrogen-bond acceptors (Lipinski definition) is 3. The first-order valence-corrected chi connectivity index (χ1v) is 7.79. The fourth-order valence-corrected chi connectivity index (χ4v) is 3.64. The lowest BCUT2D eigenvalue weighted by atomic mass is 9.89. The number of nitrogens with two attached hydrogens (primary N) is 1. The van der Waals surface area contributed by atoms with Crippen LogP contribution in [0.3, 0.4) is 0 Å². The van der Waals surface area contributed by atoms with Crippen LogP contribution in [-0.2, 0) is 0 Å². The molecule has 0 spiro atoms. The van der Waals surface area contributed by atoms with Crippen LogP contribution in [0.25, 0.3) is 0 Å². The lowest BCUT2D eigenvalue weighted by molar-refractivity contribution is 0.474. The largest absolute Gasteiger partial charge is 0.508 e. The second-order valence-electron chi connectivity index (χ2n) is 4.83. The van der Waals surface area contributed by atoms with Gasteiger partial charge in [0.15, 0.2) is 0 Å². The number of alkyl halides is 1. The van der Waals surface area contributed by atoms with Gasteiger partial charge >= 0.3 is 0 Å². The summed E-state index contributed by atoms with van der Waals surface area (Å²) in [4.78, 5) is 0. The molecule has 2 rings (SSSR count). The summed E-state index contributed by atoms with van der Waals surface area (Å²) in [5.41, 5.74) is 8.49. The minimum absolute atomic E-state index is 0.123. The van der Waals surface area contributed by atoms with Gasteiger partial charge in [0.25, 0.3) is 0 Å². The molecular formula is C16H18INO2. The van der Waals surface area contributed by atoms with Gasteiger partial charge in [-0.1, -0.05) is 47.7 Å². The summed E-state index contributed by atoms with van der Waals surface area (Å²) >= 11 is 2.42. The zero-order chi connectivity index (χ0) is 14.7. The zero-order valence-electron chi connectivity index (χ0n) is 11.3. The number of rotatable bonds is 4. The third-order valence-corrected chi connectivity index (χ3v) is 5.07. The Morgan fingerprint density at radius 2 is 1.65 bits per heavy atom. The molecule has 4 heteroatoms. The van der Waals surface area contributed by atoms with Crippen LogP contribution in [0.5, 0.6) is 11.5 Å². The van der Waals surface area contributed by atoms with E-state index in [1.54, 1.807) is 18.2 Å². The monoisotopic (exact) mass is 383 g/mol. The SMILES string of the molecule is CC[C@@H](c1ccc(O)c(N)c1)C(I)c1ccc(O)cc1. The predicted molar refractivity (Wildman–Crippen MR) is 90.4 cm³/mol. The van der Waals surface area contributed by atoms with Crippen molar-refractivity contribution in [1.82, 2.24) is 0 Å². The Balaban J connectivity index is 2.31. The Hall–Kier alpha value is -1.43. The second kappa shape index (κ2) is 6.35. The van der Waals surface area contributed by atoms with Crippen LogP contribution >= 0.6 is 22.6 Å².